The summed E-state index contributed by atoms with van der Waals surface area (Å²) < 4.78 is 16.6. The molecular formula is C17H17ClN4O4S. The zero-order valence-electron chi connectivity index (χ0n) is 14.8. The Morgan fingerprint density at radius 2 is 1.78 bits per heavy atom. The molecule has 1 aromatic heterocycles. The van der Waals surface area contributed by atoms with Crippen LogP contribution in [0.3, 0.4) is 0 Å². The number of fused-ring (bicyclic) bond motifs is 1. The maximum Gasteiger partial charge on any atom is 0.255 e. The monoisotopic (exact) mass is 408 g/mol. The lowest BCUT2D eigenvalue weighted by Crippen LogP contribution is -2.12. The first-order valence-corrected chi connectivity index (χ1v) is 8.88. The molecule has 4 N–H and O–H groups in total. The molecule has 0 aliphatic rings. The Labute approximate surface area is 164 Å². The third-order valence-electron chi connectivity index (χ3n) is 3.76. The quantitative estimate of drug-likeness (QED) is 0.423. The molecule has 8 nitrogen and oxygen atoms in total. The third-order valence-corrected chi connectivity index (χ3v) is 4.98. The van der Waals surface area contributed by atoms with Gasteiger partial charge in [-0.05, 0) is 24.3 Å². The van der Waals surface area contributed by atoms with E-state index in [4.69, 9.17) is 31.7 Å². The average molecular weight is 409 g/mol. The molecular weight excluding hydrogens is 392 g/mol. The van der Waals surface area contributed by atoms with Gasteiger partial charge in [-0.25, -0.2) is 10.8 Å². The number of nitrogens with one attached hydrogen (secondary N) is 2. The number of hydrogen-bond donors (Lipinski definition) is 3. The molecule has 0 radical (unpaired) electrons. The summed E-state index contributed by atoms with van der Waals surface area (Å²) in [7, 11) is 4.47. The van der Waals surface area contributed by atoms with Crippen LogP contribution in [0.5, 0.6) is 17.2 Å². The average Bonchev–Trinajstić information content (AvgIpc) is 3.10. The molecule has 1 heterocycles. The van der Waals surface area contributed by atoms with Gasteiger partial charge in [0.2, 0.25) is 5.75 Å². The molecule has 3 rings (SSSR count). The fraction of sp³-hybridized carbons (Fsp3) is 0.176. The maximum atomic E-state index is 12.7. The van der Waals surface area contributed by atoms with Crippen molar-refractivity contribution in [1.29, 1.82) is 0 Å². The van der Waals surface area contributed by atoms with E-state index < -0.39 is 0 Å². The van der Waals surface area contributed by atoms with Crippen molar-refractivity contribution in [2.24, 2.45) is 5.84 Å². The van der Waals surface area contributed by atoms with Crippen LogP contribution in [0.1, 0.15) is 10.4 Å². The highest BCUT2D eigenvalue weighted by molar-refractivity contribution is 7.22. The highest BCUT2D eigenvalue weighted by Gasteiger charge is 2.18. The van der Waals surface area contributed by atoms with Crippen LogP contribution < -0.4 is 30.8 Å². The molecule has 0 saturated heterocycles. The largest absolute Gasteiger partial charge is 0.493 e. The maximum absolute atomic E-state index is 12.7. The summed E-state index contributed by atoms with van der Waals surface area (Å²) in [4.78, 5) is 17.0. The molecule has 3 aromatic rings. The van der Waals surface area contributed by atoms with Crippen molar-refractivity contribution in [3.63, 3.8) is 0 Å². The molecule has 142 valence electrons. The first kappa shape index (κ1) is 19.0. The number of anilines is 2. The Bertz CT molecular complexity index is 983. The standard InChI is InChI=1S/C17H17ClN4O4S/c1-24-11-4-8(5-12(25-2)15(11)26-3)16(23)20-9-6-10(18)14-13(7-9)27-17(21-14)22-19/h4-7H,19H2,1-3H3,(H,20,23)(H,21,22). The molecule has 27 heavy (non-hydrogen) atoms. The van der Waals surface area contributed by atoms with Gasteiger partial charge in [0, 0.05) is 11.3 Å². The van der Waals surface area contributed by atoms with Gasteiger partial charge in [0.15, 0.2) is 16.6 Å². The Morgan fingerprint density at radius 3 is 2.33 bits per heavy atom. The summed E-state index contributed by atoms with van der Waals surface area (Å²) in [6.07, 6.45) is 0. The van der Waals surface area contributed by atoms with Crippen LogP contribution in [0.15, 0.2) is 24.3 Å². The second-order valence-corrected chi connectivity index (χ2v) is 6.77. The fourth-order valence-electron chi connectivity index (χ4n) is 2.54. The van der Waals surface area contributed by atoms with Crippen LogP contribution >= 0.6 is 22.9 Å². The van der Waals surface area contributed by atoms with Crippen molar-refractivity contribution in [3.8, 4) is 17.2 Å². The van der Waals surface area contributed by atoms with Crippen LogP contribution in [0.4, 0.5) is 10.8 Å². The van der Waals surface area contributed by atoms with Crippen molar-refractivity contribution in [3.05, 3.63) is 34.9 Å². The number of nitrogens with two attached hydrogens (primary N) is 1. The van der Waals surface area contributed by atoms with Crippen molar-refractivity contribution < 1.29 is 19.0 Å². The minimum Gasteiger partial charge on any atom is -0.493 e. The van der Waals surface area contributed by atoms with Crippen LogP contribution in [-0.2, 0) is 0 Å². The number of aromatic nitrogens is 1. The molecule has 0 fully saturated rings. The minimum atomic E-state index is -0.355. The van der Waals surface area contributed by atoms with Gasteiger partial charge in [0.05, 0.1) is 31.1 Å². The molecule has 1 amide bonds. The molecule has 0 bridgehead atoms. The number of carbonyl (C=O) groups excluding carboxylic acids is 1. The summed E-state index contributed by atoms with van der Waals surface area (Å²) in [6, 6.07) is 6.54. The highest BCUT2D eigenvalue weighted by atomic mass is 35.5. The van der Waals surface area contributed by atoms with Gasteiger partial charge in [-0.2, -0.15) is 0 Å². The summed E-state index contributed by atoms with van der Waals surface area (Å²) >= 11 is 7.59. The van der Waals surface area contributed by atoms with Gasteiger partial charge in [-0.1, -0.05) is 22.9 Å². The number of ether oxygens (including phenoxy) is 3. The summed E-state index contributed by atoms with van der Waals surface area (Å²) in [6.45, 7) is 0. The lowest BCUT2D eigenvalue weighted by atomic mass is 10.1. The Kier molecular flexibility index (Phi) is 5.54. The topological polar surface area (TPSA) is 108 Å². The van der Waals surface area contributed by atoms with E-state index in [1.54, 1.807) is 24.3 Å². The number of rotatable bonds is 6. The van der Waals surface area contributed by atoms with Crippen LogP contribution in [0.25, 0.3) is 10.2 Å². The number of halogens is 1. The van der Waals surface area contributed by atoms with Crippen LogP contribution in [0.2, 0.25) is 5.02 Å². The van der Waals surface area contributed by atoms with Crippen molar-refractivity contribution in [1.82, 2.24) is 4.98 Å². The normalized spacial score (nSPS) is 10.6. The van der Waals surface area contributed by atoms with Gasteiger partial charge < -0.3 is 19.5 Å². The van der Waals surface area contributed by atoms with Gasteiger partial charge in [-0.3, -0.25) is 10.2 Å². The zero-order valence-corrected chi connectivity index (χ0v) is 16.3. The predicted octanol–water partition coefficient (Wildman–Crippen LogP) is 3.51. The van der Waals surface area contributed by atoms with E-state index in [9.17, 15) is 4.79 Å². The van der Waals surface area contributed by atoms with Gasteiger partial charge in [0.1, 0.15) is 5.52 Å². The van der Waals surface area contributed by atoms with Gasteiger partial charge in [-0.15, -0.1) is 0 Å². The molecule has 0 atom stereocenters. The fourth-order valence-corrected chi connectivity index (χ4v) is 3.70. The highest BCUT2D eigenvalue weighted by Crippen LogP contribution is 2.38. The molecule has 0 unspecified atom stereocenters. The number of hydrazine groups is 1. The molecule has 10 heteroatoms. The second-order valence-electron chi connectivity index (χ2n) is 5.34. The Balaban J connectivity index is 1.94. The van der Waals surface area contributed by atoms with Crippen molar-refractivity contribution >= 4 is 49.9 Å². The zero-order chi connectivity index (χ0) is 19.6. The first-order chi connectivity index (χ1) is 13.0. The van der Waals surface area contributed by atoms with E-state index in [2.05, 4.69) is 15.7 Å². The summed E-state index contributed by atoms with van der Waals surface area (Å²) in [5.41, 5.74) is 3.97. The number of benzene rings is 2. The van der Waals surface area contributed by atoms with E-state index in [1.807, 2.05) is 0 Å². The van der Waals surface area contributed by atoms with E-state index in [-0.39, 0.29) is 5.91 Å². The Hall–Kier alpha value is -2.75. The van der Waals surface area contributed by atoms with Crippen LogP contribution in [-0.4, -0.2) is 32.2 Å². The first-order valence-electron chi connectivity index (χ1n) is 7.68. The Morgan fingerprint density at radius 1 is 1.11 bits per heavy atom. The van der Waals surface area contributed by atoms with E-state index in [1.165, 1.54) is 32.7 Å². The third kappa shape index (κ3) is 3.70. The van der Waals surface area contributed by atoms with Gasteiger partial charge >= 0.3 is 0 Å². The molecule has 0 saturated carbocycles. The second kappa shape index (κ2) is 7.87. The minimum absolute atomic E-state index is 0.342. The number of nitrogens with zero attached hydrogens (tertiary/aromatic N) is 1. The molecule has 0 aliphatic heterocycles. The lowest BCUT2D eigenvalue weighted by molar-refractivity contribution is 0.102. The summed E-state index contributed by atoms with van der Waals surface area (Å²) in [5.74, 6) is 6.21. The molecule has 2 aromatic carbocycles. The number of methoxy groups -OCH3 is 3. The summed E-state index contributed by atoms with van der Waals surface area (Å²) in [5, 5.41) is 3.75. The number of amides is 1. The number of hydrogen-bond acceptors (Lipinski definition) is 8. The van der Waals surface area contributed by atoms with Gasteiger partial charge in [0.25, 0.3) is 5.91 Å². The van der Waals surface area contributed by atoms with Crippen molar-refractivity contribution in [2.45, 2.75) is 0 Å². The number of nitrogen functional groups attached to an aromatic ring is 1. The predicted molar refractivity (Wildman–Crippen MR) is 106 cm³/mol. The van der Waals surface area contributed by atoms with Crippen LogP contribution in [0, 0.1) is 0 Å². The lowest BCUT2D eigenvalue weighted by Gasteiger charge is -2.14. The smallest absolute Gasteiger partial charge is 0.255 e. The molecule has 0 spiro atoms. The SMILES string of the molecule is COc1cc(C(=O)Nc2cc(Cl)c3nc(NN)sc3c2)cc(OC)c1OC. The van der Waals surface area contributed by atoms with E-state index >= 15 is 0 Å². The molecule has 0 aliphatic carbocycles. The van der Waals surface area contributed by atoms with Crippen molar-refractivity contribution in [2.75, 3.05) is 32.1 Å². The number of thiazole rings is 1. The number of carbonyl (C=O) groups is 1. The van der Waals surface area contributed by atoms with E-state index in [0.717, 1.165) is 4.70 Å². The van der Waals surface area contributed by atoms with E-state index in [0.29, 0.717) is 44.2 Å².